The van der Waals surface area contributed by atoms with Crippen molar-refractivity contribution in [3.05, 3.63) is 29.0 Å². The van der Waals surface area contributed by atoms with Crippen LogP contribution < -0.4 is 5.32 Å². The molecule has 1 aromatic carbocycles. The van der Waals surface area contributed by atoms with Gasteiger partial charge in [0.05, 0.1) is 5.02 Å². The third-order valence-electron chi connectivity index (χ3n) is 3.71. The predicted octanol–water partition coefficient (Wildman–Crippen LogP) is 4.86. The van der Waals surface area contributed by atoms with E-state index in [9.17, 15) is 4.39 Å². The first kappa shape index (κ1) is 12.7. The molecule has 2 rings (SSSR count). The van der Waals surface area contributed by atoms with Gasteiger partial charge in [0.25, 0.3) is 0 Å². The van der Waals surface area contributed by atoms with E-state index in [4.69, 9.17) is 11.6 Å². The van der Waals surface area contributed by atoms with Gasteiger partial charge in [0, 0.05) is 11.7 Å². The van der Waals surface area contributed by atoms with Crippen LogP contribution >= 0.6 is 11.6 Å². The molecule has 0 unspecified atom stereocenters. The summed E-state index contributed by atoms with van der Waals surface area (Å²) < 4.78 is 13.3. The van der Waals surface area contributed by atoms with Crippen LogP contribution in [0.15, 0.2) is 18.2 Å². The van der Waals surface area contributed by atoms with Gasteiger partial charge in [0.1, 0.15) is 5.82 Å². The minimum absolute atomic E-state index is 0.185. The highest BCUT2D eigenvalue weighted by Gasteiger charge is 2.19. The van der Waals surface area contributed by atoms with Gasteiger partial charge in [-0.2, -0.15) is 0 Å². The Kier molecular flexibility index (Phi) is 4.27. The van der Waals surface area contributed by atoms with Crippen molar-refractivity contribution < 1.29 is 4.39 Å². The number of benzene rings is 1. The second-order valence-corrected chi connectivity index (χ2v) is 5.31. The van der Waals surface area contributed by atoms with Crippen molar-refractivity contribution in [2.75, 3.05) is 5.32 Å². The Bertz CT molecular complexity index is 372. The Hall–Kier alpha value is -0.760. The van der Waals surface area contributed by atoms with Crippen molar-refractivity contribution in [1.29, 1.82) is 0 Å². The van der Waals surface area contributed by atoms with Crippen molar-refractivity contribution >= 4 is 17.3 Å². The standard InChI is InChI=1S/C14H19ClFN/c1-2-10-3-5-11(6-4-10)17-12-7-8-13(15)14(16)9-12/h7-11,17H,2-6H2,1H3. The molecule has 0 amide bonds. The molecule has 0 atom stereocenters. The maximum Gasteiger partial charge on any atom is 0.143 e. The summed E-state index contributed by atoms with van der Waals surface area (Å²) in [5.41, 5.74) is 0.840. The second kappa shape index (κ2) is 5.72. The highest BCUT2D eigenvalue weighted by atomic mass is 35.5. The topological polar surface area (TPSA) is 12.0 Å². The smallest absolute Gasteiger partial charge is 0.143 e. The lowest BCUT2D eigenvalue weighted by Gasteiger charge is -2.29. The maximum atomic E-state index is 13.3. The molecular weight excluding hydrogens is 237 g/mol. The molecule has 0 saturated heterocycles. The fraction of sp³-hybridized carbons (Fsp3) is 0.571. The first-order valence-corrected chi connectivity index (χ1v) is 6.78. The largest absolute Gasteiger partial charge is 0.382 e. The van der Waals surface area contributed by atoms with Gasteiger partial charge < -0.3 is 5.32 Å². The molecule has 0 radical (unpaired) electrons. The van der Waals surface area contributed by atoms with E-state index in [0.717, 1.165) is 11.6 Å². The molecule has 1 N–H and O–H groups in total. The van der Waals surface area contributed by atoms with Crippen LogP contribution in [0.1, 0.15) is 39.0 Å². The van der Waals surface area contributed by atoms with Crippen molar-refractivity contribution in [2.45, 2.75) is 45.1 Å². The Morgan fingerprint density at radius 1 is 1.29 bits per heavy atom. The van der Waals surface area contributed by atoms with E-state index in [1.807, 2.05) is 6.07 Å². The lowest BCUT2D eigenvalue weighted by molar-refractivity contribution is 0.330. The van der Waals surface area contributed by atoms with Crippen molar-refractivity contribution in [2.24, 2.45) is 5.92 Å². The van der Waals surface area contributed by atoms with Crippen LogP contribution in [0.2, 0.25) is 5.02 Å². The quantitative estimate of drug-likeness (QED) is 0.813. The van der Waals surface area contributed by atoms with Crippen LogP contribution in [0.4, 0.5) is 10.1 Å². The zero-order chi connectivity index (χ0) is 12.3. The highest BCUT2D eigenvalue weighted by molar-refractivity contribution is 6.30. The molecule has 0 heterocycles. The number of nitrogens with one attached hydrogen (secondary N) is 1. The molecule has 0 bridgehead atoms. The third kappa shape index (κ3) is 3.35. The molecule has 1 nitrogen and oxygen atoms in total. The molecule has 0 aromatic heterocycles. The summed E-state index contributed by atoms with van der Waals surface area (Å²) in [6.45, 7) is 2.26. The van der Waals surface area contributed by atoms with Gasteiger partial charge in [-0.3, -0.25) is 0 Å². The fourth-order valence-corrected chi connectivity index (χ4v) is 2.65. The summed E-state index contributed by atoms with van der Waals surface area (Å²) in [5, 5.41) is 3.58. The molecular formula is C14H19ClFN. The van der Waals surface area contributed by atoms with Gasteiger partial charge in [-0.15, -0.1) is 0 Å². The summed E-state index contributed by atoms with van der Waals surface area (Å²) in [5.74, 6) is 0.536. The monoisotopic (exact) mass is 255 g/mol. The zero-order valence-electron chi connectivity index (χ0n) is 10.2. The van der Waals surface area contributed by atoms with Crippen LogP contribution in [0.5, 0.6) is 0 Å². The Labute approximate surface area is 107 Å². The van der Waals surface area contributed by atoms with Gasteiger partial charge in [-0.1, -0.05) is 24.9 Å². The summed E-state index contributed by atoms with van der Waals surface area (Å²) in [4.78, 5) is 0. The van der Waals surface area contributed by atoms with Gasteiger partial charge in [0.2, 0.25) is 0 Å². The molecule has 17 heavy (non-hydrogen) atoms. The van der Waals surface area contributed by atoms with Crippen molar-refractivity contribution in [3.8, 4) is 0 Å². The first-order chi connectivity index (χ1) is 8.19. The molecule has 1 aliphatic carbocycles. The summed E-state index contributed by atoms with van der Waals surface area (Å²) in [6, 6.07) is 5.42. The zero-order valence-corrected chi connectivity index (χ0v) is 10.9. The average Bonchev–Trinajstić information content (AvgIpc) is 2.35. The van der Waals surface area contributed by atoms with E-state index in [2.05, 4.69) is 12.2 Å². The lowest BCUT2D eigenvalue weighted by Crippen LogP contribution is -2.25. The molecule has 0 spiro atoms. The average molecular weight is 256 g/mol. The normalized spacial score (nSPS) is 24.6. The van der Waals surface area contributed by atoms with E-state index >= 15 is 0 Å². The molecule has 1 aliphatic rings. The molecule has 3 heteroatoms. The molecule has 1 aromatic rings. The second-order valence-electron chi connectivity index (χ2n) is 4.90. The Morgan fingerprint density at radius 2 is 2.00 bits per heavy atom. The molecule has 1 saturated carbocycles. The summed E-state index contributed by atoms with van der Waals surface area (Å²) in [7, 11) is 0. The summed E-state index contributed by atoms with van der Waals surface area (Å²) in [6.07, 6.45) is 6.21. The van der Waals surface area contributed by atoms with Crippen LogP contribution in [-0.4, -0.2) is 6.04 Å². The maximum absolute atomic E-state index is 13.3. The predicted molar refractivity (Wildman–Crippen MR) is 71.1 cm³/mol. The Balaban J connectivity index is 1.91. The lowest BCUT2D eigenvalue weighted by atomic mass is 9.84. The van der Waals surface area contributed by atoms with Gasteiger partial charge >= 0.3 is 0 Å². The number of hydrogen-bond acceptors (Lipinski definition) is 1. The fourth-order valence-electron chi connectivity index (χ4n) is 2.54. The highest BCUT2D eigenvalue weighted by Crippen LogP contribution is 2.29. The molecule has 94 valence electrons. The van der Waals surface area contributed by atoms with Crippen LogP contribution in [0.3, 0.4) is 0 Å². The van der Waals surface area contributed by atoms with Crippen molar-refractivity contribution in [3.63, 3.8) is 0 Å². The minimum Gasteiger partial charge on any atom is -0.382 e. The van der Waals surface area contributed by atoms with Gasteiger partial charge in [0.15, 0.2) is 0 Å². The van der Waals surface area contributed by atoms with E-state index in [-0.39, 0.29) is 10.8 Å². The number of anilines is 1. The number of halogens is 2. The van der Waals surface area contributed by atoms with E-state index in [1.54, 1.807) is 6.07 Å². The molecule has 1 fully saturated rings. The first-order valence-electron chi connectivity index (χ1n) is 6.40. The van der Waals surface area contributed by atoms with Gasteiger partial charge in [-0.05, 0) is 49.8 Å². The van der Waals surface area contributed by atoms with E-state index in [1.165, 1.54) is 38.2 Å². The number of hydrogen-bond donors (Lipinski definition) is 1. The van der Waals surface area contributed by atoms with Gasteiger partial charge in [-0.25, -0.2) is 4.39 Å². The van der Waals surface area contributed by atoms with E-state index in [0.29, 0.717) is 6.04 Å². The van der Waals surface area contributed by atoms with Crippen LogP contribution in [0, 0.1) is 11.7 Å². The SMILES string of the molecule is CCC1CCC(Nc2ccc(Cl)c(F)c2)CC1. The third-order valence-corrected chi connectivity index (χ3v) is 4.02. The van der Waals surface area contributed by atoms with Crippen molar-refractivity contribution in [1.82, 2.24) is 0 Å². The Morgan fingerprint density at radius 3 is 2.59 bits per heavy atom. The van der Waals surface area contributed by atoms with E-state index < -0.39 is 0 Å². The number of rotatable bonds is 3. The molecule has 0 aliphatic heterocycles. The van der Waals surface area contributed by atoms with Crippen LogP contribution in [-0.2, 0) is 0 Å². The minimum atomic E-state index is -0.348. The van der Waals surface area contributed by atoms with Crippen LogP contribution in [0.25, 0.3) is 0 Å². The summed E-state index contributed by atoms with van der Waals surface area (Å²) >= 11 is 5.66.